The fraction of sp³-hybridized carbons (Fsp3) is 0.333. The summed E-state index contributed by atoms with van der Waals surface area (Å²) in [5.74, 6) is 0.838. The Balaban J connectivity index is 1.56. The molecule has 0 aromatic heterocycles. The van der Waals surface area contributed by atoms with Crippen molar-refractivity contribution in [1.29, 1.82) is 0 Å². The van der Waals surface area contributed by atoms with Crippen molar-refractivity contribution in [1.82, 2.24) is 10.2 Å². The molecule has 0 aliphatic heterocycles. The Bertz CT molecular complexity index is 1190. The van der Waals surface area contributed by atoms with Crippen LogP contribution in [0.25, 0.3) is 0 Å². The lowest BCUT2D eigenvalue weighted by Crippen LogP contribution is -2.52. The topological polar surface area (TPSA) is 49.4 Å². The highest BCUT2D eigenvalue weighted by atomic mass is 79.9. The van der Waals surface area contributed by atoms with E-state index < -0.39 is 6.04 Å². The van der Waals surface area contributed by atoms with Gasteiger partial charge in [0, 0.05) is 34.3 Å². The first-order chi connectivity index (χ1) is 18.0. The molecule has 0 radical (unpaired) electrons. The third-order valence-corrected chi connectivity index (χ3v) is 8.31. The molecule has 1 aliphatic carbocycles. The van der Waals surface area contributed by atoms with Crippen LogP contribution in [0.2, 0.25) is 5.02 Å². The van der Waals surface area contributed by atoms with Gasteiger partial charge in [-0.2, -0.15) is 0 Å². The maximum atomic E-state index is 13.8. The van der Waals surface area contributed by atoms with Crippen LogP contribution in [0.15, 0.2) is 83.3 Å². The molecule has 1 aliphatic rings. The van der Waals surface area contributed by atoms with E-state index in [1.165, 1.54) is 0 Å². The van der Waals surface area contributed by atoms with Crippen molar-refractivity contribution >= 4 is 51.1 Å². The molecule has 3 aromatic rings. The quantitative estimate of drug-likeness (QED) is 0.257. The summed E-state index contributed by atoms with van der Waals surface area (Å²) in [6.07, 6.45) is 4.74. The molecule has 7 heteroatoms. The van der Waals surface area contributed by atoms with Crippen LogP contribution in [-0.4, -0.2) is 34.6 Å². The maximum Gasteiger partial charge on any atom is 0.243 e. The number of hydrogen-bond acceptors (Lipinski definition) is 3. The van der Waals surface area contributed by atoms with Gasteiger partial charge in [-0.15, -0.1) is 11.8 Å². The normalized spacial score (nSPS) is 14.3. The molecule has 37 heavy (non-hydrogen) atoms. The third-order valence-electron chi connectivity index (χ3n) is 6.60. The van der Waals surface area contributed by atoms with Gasteiger partial charge in [0.05, 0.1) is 5.75 Å². The Morgan fingerprint density at radius 2 is 1.65 bits per heavy atom. The highest BCUT2D eigenvalue weighted by Gasteiger charge is 2.32. The standard InChI is InChI=1S/C30H32BrClN2O2S/c31-25-12-6-10-23(16-25)19-34(29(35)21-37-20-24-11-7-13-26(32)17-24)28(18-22-8-2-1-3-9-22)30(36)33-27-14-4-5-15-27/h1-3,6-13,16-17,27-28H,4-5,14-15,18-21H2,(H,33,36). The van der Waals surface area contributed by atoms with E-state index in [-0.39, 0.29) is 23.6 Å². The lowest BCUT2D eigenvalue weighted by Gasteiger charge is -2.32. The lowest BCUT2D eigenvalue weighted by molar-refractivity contribution is -0.139. The van der Waals surface area contributed by atoms with E-state index in [2.05, 4.69) is 21.2 Å². The van der Waals surface area contributed by atoms with E-state index >= 15 is 0 Å². The van der Waals surface area contributed by atoms with Crippen LogP contribution in [0.5, 0.6) is 0 Å². The van der Waals surface area contributed by atoms with Crippen LogP contribution in [0.1, 0.15) is 42.4 Å². The number of nitrogens with one attached hydrogen (secondary N) is 1. The third kappa shape index (κ3) is 8.62. The minimum Gasteiger partial charge on any atom is -0.352 e. The Morgan fingerprint density at radius 3 is 2.38 bits per heavy atom. The van der Waals surface area contributed by atoms with Gasteiger partial charge < -0.3 is 10.2 Å². The summed E-state index contributed by atoms with van der Waals surface area (Å²) < 4.78 is 0.947. The molecule has 3 aromatic carbocycles. The molecule has 1 fully saturated rings. The number of amides is 2. The minimum absolute atomic E-state index is 0.0468. The molecule has 2 amide bonds. The Hall–Kier alpha value is -2.28. The summed E-state index contributed by atoms with van der Waals surface area (Å²) in [7, 11) is 0. The highest BCUT2D eigenvalue weighted by molar-refractivity contribution is 9.10. The van der Waals surface area contributed by atoms with Crippen molar-refractivity contribution in [2.24, 2.45) is 0 Å². The molecular formula is C30H32BrClN2O2S. The Labute approximate surface area is 237 Å². The van der Waals surface area contributed by atoms with Crippen LogP contribution in [-0.2, 0) is 28.3 Å². The summed E-state index contributed by atoms with van der Waals surface area (Å²) in [5, 5.41) is 3.94. The average molecular weight is 600 g/mol. The molecular weight excluding hydrogens is 568 g/mol. The first-order valence-corrected chi connectivity index (χ1v) is 15.0. The second-order valence-corrected chi connectivity index (χ2v) is 11.8. The monoisotopic (exact) mass is 598 g/mol. The molecule has 0 bridgehead atoms. The van der Waals surface area contributed by atoms with Crippen molar-refractivity contribution < 1.29 is 9.59 Å². The second kappa shape index (κ2) is 14.0. The van der Waals surface area contributed by atoms with E-state index in [0.29, 0.717) is 23.7 Å². The Kier molecular flexibility index (Phi) is 10.5. The summed E-state index contributed by atoms with van der Waals surface area (Å²) in [6.45, 7) is 0.367. The van der Waals surface area contributed by atoms with Crippen LogP contribution >= 0.6 is 39.3 Å². The fourth-order valence-electron chi connectivity index (χ4n) is 4.72. The first-order valence-electron chi connectivity index (χ1n) is 12.7. The van der Waals surface area contributed by atoms with Gasteiger partial charge in [0.15, 0.2) is 0 Å². The molecule has 1 N–H and O–H groups in total. The molecule has 1 unspecified atom stereocenters. The van der Waals surface area contributed by atoms with Gasteiger partial charge in [-0.05, 0) is 53.8 Å². The number of benzene rings is 3. The molecule has 194 valence electrons. The second-order valence-electron chi connectivity index (χ2n) is 9.47. The molecule has 1 atom stereocenters. The highest BCUT2D eigenvalue weighted by Crippen LogP contribution is 2.23. The van der Waals surface area contributed by atoms with Gasteiger partial charge >= 0.3 is 0 Å². The predicted molar refractivity (Wildman–Crippen MR) is 157 cm³/mol. The van der Waals surface area contributed by atoms with Crippen molar-refractivity contribution in [3.8, 4) is 0 Å². The average Bonchev–Trinajstić information content (AvgIpc) is 3.40. The largest absolute Gasteiger partial charge is 0.352 e. The van der Waals surface area contributed by atoms with E-state index in [0.717, 1.165) is 46.8 Å². The van der Waals surface area contributed by atoms with Crippen LogP contribution in [0.3, 0.4) is 0 Å². The van der Waals surface area contributed by atoms with Crippen molar-refractivity contribution in [3.05, 3.63) is 105 Å². The molecule has 0 spiro atoms. The summed E-state index contributed by atoms with van der Waals surface area (Å²) in [4.78, 5) is 29.2. The molecule has 0 saturated heterocycles. The summed E-state index contributed by atoms with van der Waals surface area (Å²) in [6, 6.07) is 25.2. The Morgan fingerprint density at radius 1 is 0.946 bits per heavy atom. The number of thioether (sulfide) groups is 1. The molecule has 4 rings (SSSR count). The van der Waals surface area contributed by atoms with Gasteiger partial charge in [-0.3, -0.25) is 9.59 Å². The number of halogens is 2. The number of rotatable bonds is 11. The van der Waals surface area contributed by atoms with E-state index in [9.17, 15) is 9.59 Å². The predicted octanol–water partition coefficient (Wildman–Crippen LogP) is 7.03. The molecule has 1 saturated carbocycles. The SMILES string of the molecule is O=C(NC1CCCC1)C(Cc1ccccc1)N(Cc1cccc(Br)c1)C(=O)CSCc1cccc(Cl)c1. The minimum atomic E-state index is -0.596. The zero-order valence-electron chi connectivity index (χ0n) is 20.7. The van der Waals surface area contributed by atoms with Gasteiger partial charge in [-0.1, -0.05) is 95.0 Å². The maximum absolute atomic E-state index is 13.8. The zero-order chi connectivity index (χ0) is 26.0. The van der Waals surface area contributed by atoms with E-state index in [1.54, 1.807) is 16.7 Å². The van der Waals surface area contributed by atoms with Gasteiger partial charge in [-0.25, -0.2) is 0 Å². The van der Waals surface area contributed by atoms with Gasteiger partial charge in [0.1, 0.15) is 6.04 Å². The number of carbonyl (C=O) groups is 2. The number of hydrogen-bond donors (Lipinski definition) is 1. The first kappa shape index (κ1) is 27.7. The van der Waals surface area contributed by atoms with Crippen LogP contribution in [0.4, 0.5) is 0 Å². The lowest BCUT2D eigenvalue weighted by atomic mass is 10.0. The smallest absolute Gasteiger partial charge is 0.243 e. The number of carbonyl (C=O) groups excluding carboxylic acids is 2. The van der Waals surface area contributed by atoms with Crippen LogP contribution < -0.4 is 5.32 Å². The van der Waals surface area contributed by atoms with Crippen molar-refractivity contribution in [3.63, 3.8) is 0 Å². The number of nitrogens with zero attached hydrogens (tertiary/aromatic N) is 1. The molecule has 0 heterocycles. The van der Waals surface area contributed by atoms with Crippen LogP contribution in [0, 0.1) is 0 Å². The van der Waals surface area contributed by atoms with Gasteiger partial charge in [0.2, 0.25) is 11.8 Å². The zero-order valence-corrected chi connectivity index (χ0v) is 23.9. The van der Waals surface area contributed by atoms with Gasteiger partial charge in [0.25, 0.3) is 0 Å². The van der Waals surface area contributed by atoms with Crippen molar-refractivity contribution in [2.45, 2.75) is 56.5 Å². The summed E-state index contributed by atoms with van der Waals surface area (Å²) >= 11 is 11.2. The van der Waals surface area contributed by atoms with Crippen molar-refractivity contribution in [2.75, 3.05) is 5.75 Å². The fourth-order valence-corrected chi connectivity index (χ4v) is 6.24. The van der Waals surface area contributed by atoms with E-state index in [1.807, 2.05) is 78.9 Å². The summed E-state index contributed by atoms with van der Waals surface area (Å²) in [5.41, 5.74) is 3.09. The molecule has 4 nitrogen and oxygen atoms in total. The van der Waals surface area contributed by atoms with E-state index in [4.69, 9.17) is 11.6 Å².